The van der Waals surface area contributed by atoms with Crippen molar-refractivity contribution in [2.45, 2.75) is 56.6 Å². The van der Waals surface area contributed by atoms with E-state index in [1.165, 1.54) is 19.2 Å². The van der Waals surface area contributed by atoms with Crippen LogP contribution >= 0.6 is 0 Å². The van der Waals surface area contributed by atoms with Crippen molar-refractivity contribution < 1.29 is 22.7 Å². The van der Waals surface area contributed by atoms with Crippen LogP contribution in [0.15, 0.2) is 77.7 Å². The van der Waals surface area contributed by atoms with Gasteiger partial charge in [0.1, 0.15) is 23.6 Å². The molecule has 0 aromatic heterocycles. The number of rotatable bonds is 9. The molecule has 1 amide bonds. The van der Waals surface area contributed by atoms with E-state index in [0.29, 0.717) is 17.9 Å². The van der Waals surface area contributed by atoms with Gasteiger partial charge in [0.25, 0.3) is 10.0 Å². The summed E-state index contributed by atoms with van der Waals surface area (Å²) in [6.07, 6.45) is 2.18. The van der Waals surface area contributed by atoms with Crippen molar-refractivity contribution >= 4 is 21.6 Å². The monoisotopic (exact) mass is 522 g/mol. The SMILES string of the molecule is CCC1(CC)C[C@H](NC(=O)CN(c2cc(C)ccc2OC)S(=O)(=O)c2ccccc2)c2ccccc2O1. The molecule has 1 aliphatic heterocycles. The van der Waals surface area contributed by atoms with Crippen molar-refractivity contribution in [2.24, 2.45) is 0 Å². The second-order valence-corrected chi connectivity index (χ2v) is 11.2. The molecule has 0 spiro atoms. The summed E-state index contributed by atoms with van der Waals surface area (Å²) in [5.74, 6) is 0.702. The van der Waals surface area contributed by atoms with Crippen molar-refractivity contribution in [2.75, 3.05) is 18.0 Å². The van der Waals surface area contributed by atoms with E-state index in [9.17, 15) is 13.2 Å². The molecule has 8 heteroatoms. The van der Waals surface area contributed by atoms with Gasteiger partial charge in [-0.2, -0.15) is 0 Å². The highest BCUT2D eigenvalue weighted by molar-refractivity contribution is 7.92. The third-order valence-corrected chi connectivity index (χ3v) is 8.82. The number of hydrogen-bond donors (Lipinski definition) is 1. The number of nitrogens with one attached hydrogen (secondary N) is 1. The number of anilines is 1. The van der Waals surface area contributed by atoms with Gasteiger partial charge in [0, 0.05) is 12.0 Å². The molecule has 1 heterocycles. The normalized spacial score (nSPS) is 16.3. The lowest BCUT2D eigenvalue weighted by Gasteiger charge is -2.41. The molecule has 1 N–H and O–H groups in total. The first kappa shape index (κ1) is 26.5. The van der Waals surface area contributed by atoms with Crippen molar-refractivity contribution in [1.29, 1.82) is 0 Å². The zero-order chi connectivity index (χ0) is 26.6. The largest absolute Gasteiger partial charge is 0.495 e. The van der Waals surface area contributed by atoms with Gasteiger partial charge in [0.05, 0.1) is 23.7 Å². The molecular weight excluding hydrogens is 488 g/mol. The van der Waals surface area contributed by atoms with E-state index in [2.05, 4.69) is 19.2 Å². The van der Waals surface area contributed by atoms with Gasteiger partial charge in [-0.25, -0.2) is 8.42 Å². The second kappa shape index (κ2) is 10.8. The highest BCUT2D eigenvalue weighted by Crippen LogP contribution is 2.42. The summed E-state index contributed by atoms with van der Waals surface area (Å²) in [4.78, 5) is 13.7. The molecule has 1 aliphatic rings. The van der Waals surface area contributed by atoms with E-state index in [0.717, 1.165) is 34.0 Å². The lowest BCUT2D eigenvalue weighted by Crippen LogP contribution is -2.47. The van der Waals surface area contributed by atoms with Crippen LogP contribution in [-0.2, 0) is 14.8 Å². The number of ether oxygens (including phenoxy) is 2. The number of para-hydroxylation sites is 1. The molecule has 0 fully saturated rings. The highest BCUT2D eigenvalue weighted by Gasteiger charge is 2.39. The number of carbonyl (C=O) groups excluding carboxylic acids is 1. The van der Waals surface area contributed by atoms with Crippen LogP contribution in [0.5, 0.6) is 11.5 Å². The maximum Gasteiger partial charge on any atom is 0.264 e. The van der Waals surface area contributed by atoms with Crippen LogP contribution in [0.25, 0.3) is 0 Å². The van der Waals surface area contributed by atoms with Crippen molar-refractivity contribution in [1.82, 2.24) is 5.32 Å². The first-order valence-corrected chi connectivity index (χ1v) is 14.0. The molecule has 0 aliphatic carbocycles. The standard InChI is InChI=1S/C29H34N2O5S/c1-5-29(6-2)19-24(23-14-10-11-15-26(23)36-29)30-28(32)20-31(25-18-21(3)16-17-27(25)35-4)37(33,34)22-12-8-7-9-13-22/h7-18,24H,5-6,19-20H2,1-4H3,(H,30,32)/t24-/m0/s1. The number of carbonyl (C=O) groups is 1. The summed E-state index contributed by atoms with van der Waals surface area (Å²) in [7, 11) is -2.58. The first-order valence-electron chi connectivity index (χ1n) is 12.5. The van der Waals surface area contributed by atoms with E-state index in [-0.39, 0.29) is 10.9 Å². The molecule has 0 saturated carbocycles. The molecule has 3 aromatic rings. The first-order chi connectivity index (χ1) is 17.7. The quantitative estimate of drug-likeness (QED) is 0.407. The molecule has 4 rings (SSSR count). The summed E-state index contributed by atoms with van der Waals surface area (Å²) in [6.45, 7) is 5.62. The average Bonchev–Trinajstić information content (AvgIpc) is 2.92. The molecule has 196 valence electrons. The predicted octanol–water partition coefficient (Wildman–Crippen LogP) is 5.40. The Bertz CT molecular complexity index is 1350. The van der Waals surface area contributed by atoms with Crippen LogP contribution in [0.4, 0.5) is 5.69 Å². The Morgan fingerprint density at radius 3 is 2.41 bits per heavy atom. The number of aryl methyl sites for hydroxylation is 1. The molecule has 7 nitrogen and oxygen atoms in total. The number of benzene rings is 3. The minimum absolute atomic E-state index is 0.0961. The maximum absolute atomic E-state index is 13.8. The Hall–Kier alpha value is -3.52. The summed E-state index contributed by atoms with van der Waals surface area (Å²) in [5.41, 5.74) is 1.64. The van der Waals surface area contributed by atoms with E-state index >= 15 is 0 Å². The van der Waals surface area contributed by atoms with Crippen LogP contribution < -0.4 is 19.1 Å². The third kappa shape index (κ3) is 5.44. The highest BCUT2D eigenvalue weighted by atomic mass is 32.2. The Kier molecular flexibility index (Phi) is 7.78. The van der Waals surface area contributed by atoms with Gasteiger partial charge in [-0.15, -0.1) is 0 Å². The van der Waals surface area contributed by atoms with Crippen molar-refractivity contribution in [3.05, 3.63) is 83.9 Å². The van der Waals surface area contributed by atoms with Crippen LogP contribution in [0.3, 0.4) is 0 Å². The number of methoxy groups -OCH3 is 1. The molecule has 0 unspecified atom stereocenters. The minimum Gasteiger partial charge on any atom is -0.495 e. The lowest BCUT2D eigenvalue weighted by molar-refractivity contribution is -0.121. The molecule has 1 atom stereocenters. The Balaban J connectivity index is 1.70. The van der Waals surface area contributed by atoms with Gasteiger partial charge in [-0.05, 0) is 55.7 Å². The smallest absolute Gasteiger partial charge is 0.264 e. The van der Waals surface area contributed by atoms with Gasteiger partial charge in [0.15, 0.2) is 0 Å². The number of sulfonamides is 1. The number of fused-ring (bicyclic) bond motifs is 1. The molecule has 3 aromatic carbocycles. The number of nitrogens with zero attached hydrogens (tertiary/aromatic N) is 1. The molecular formula is C29H34N2O5S. The Labute approximate surface area is 219 Å². The van der Waals surface area contributed by atoms with E-state index in [1.54, 1.807) is 30.3 Å². The Morgan fingerprint density at radius 1 is 1.05 bits per heavy atom. The van der Waals surface area contributed by atoms with Gasteiger partial charge in [-0.3, -0.25) is 9.10 Å². The zero-order valence-electron chi connectivity index (χ0n) is 21.7. The van der Waals surface area contributed by atoms with Crippen LogP contribution in [0, 0.1) is 6.92 Å². The molecule has 0 radical (unpaired) electrons. The second-order valence-electron chi connectivity index (χ2n) is 9.35. The zero-order valence-corrected chi connectivity index (χ0v) is 22.5. The van der Waals surface area contributed by atoms with E-state index in [1.807, 2.05) is 37.3 Å². The maximum atomic E-state index is 13.8. The molecule has 0 bridgehead atoms. The fraction of sp³-hybridized carbons (Fsp3) is 0.345. The van der Waals surface area contributed by atoms with E-state index < -0.39 is 28.1 Å². The number of amides is 1. The Morgan fingerprint density at radius 2 is 1.73 bits per heavy atom. The van der Waals surface area contributed by atoms with E-state index in [4.69, 9.17) is 9.47 Å². The van der Waals surface area contributed by atoms with Crippen LogP contribution in [0.1, 0.15) is 50.3 Å². The summed E-state index contributed by atoms with van der Waals surface area (Å²) >= 11 is 0. The van der Waals surface area contributed by atoms with Crippen LogP contribution in [-0.4, -0.2) is 33.6 Å². The third-order valence-electron chi connectivity index (χ3n) is 7.04. The summed E-state index contributed by atoms with van der Waals surface area (Å²) in [6, 6.07) is 20.8. The topological polar surface area (TPSA) is 84.9 Å². The summed E-state index contributed by atoms with van der Waals surface area (Å²) < 4.78 is 40.6. The fourth-order valence-electron chi connectivity index (χ4n) is 4.81. The van der Waals surface area contributed by atoms with Gasteiger partial charge >= 0.3 is 0 Å². The predicted molar refractivity (Wildman–Crippen MR) is 145 cm³/mol. The number of hydrogen-bond acceptors (Lipinski definition) is 5. The molecule has 37 heavy (non-hydrogen) atoms. The minimum atomic E-state index is -4.06. The lowest BCUT2D eigenvalue weighted by atomic mass is 9.83. The van der Waals surface area contributed by atoms with Crippen molar-refractivity contribution in [3.63, 3.8) is 0 Å². The fourth-order valence-corrected chi connectivity index (χ4v) is 6.26. The molecule has 0 saturated heterocycles. The van der Waals surface area contributed by atoms with Crippen LogP contribution in [0.2, 0.25) is 0 Å². The van der Waals surface area contributed by atoms with Gasteiger partial charge < -0.3 is 14.8 Å². The van der Waals surface area contributed by atoms with Gasteiger partial charge in [0.2, 0.25) is 5.91 Å². The van der Waals surface area contributed by atoms with Gasteiger partial charge in [-0.1, -0.05) is 56.3 Å². The summed E-state index contributed by atoms with van der Waals surface area (Å²) in [5, 5.41) is 3.11. The van der Waals surface area contributed by atoms with Crippen molar-refractivity contribution in [3.8, 4) is 11.5 Å². The average molecular weight is 523 g/mol.